The fraction of sp³-hybridized carbons (Fsp3) is 0.409. The molecule has 2 saturated heterocycles. The first-order valence-corrected chi connectivity index (χ1v) is 10.0. The van der Waals surface area contributed by atoms with Gasteiger partial charge in [0.2, 0.25) is 11.8 Å². The monoisotopic (exact) mass is 409 g/mol. The van der Waals surface area contributed by atoms with Gasteiger partial charge in [-0.2, -0.15) is 0 Å². The van der Waals surface area contributed by atoms with Crippen LogP contribution < -0.4 is 15.0 Å². The molecule has 156 valence electrons. The van der Waals surface area contributed by atoms with Gasteiger partial charge in [-0.3, -0.25) is 14.5 Å². The van der Waals surface area contributed by atoms with Gasteiger partial charge in [0.05, 0.1) is 31.6 Å². The smallest absolute Gasteiger partial charge is 0.235 e. The summed E-state index contributed by atoms with van der Waals surface area (Å²) in [5, 5.41) is 6.95. The van der Waals surface area contributed by atoms with Crippen molar-refractivity contribution < 1.29 is 23.6 Å². The first-order valence-electron chi connectivity index (χ1n) is 10.0. The molecule has 2 bridgehead atoms. The van der Waals surface area contributed by atoms with E-state index in [1.807, 2.05) is 36.4 Å². The van der Waals surface area contributed by atoms with E-state index in [-0.39, 0.29) is 17.9 Å². The molecule has 2 aromatic rings. The van der Waals surface area contributed by atoms with Crippen molar-refractivity contribution in [2.45, 2.75) is 25.0 Å². The van der Waals surface area contributed by atoms with E-state index in [1.54, 1.807) is 25.0 Å². The fourth-order valence-electron chi connectivity index (χ4n) is 4.71. The van der Waals surface area contributed by atoms with Crippen LogP contribution in [-0.2, 0) is 20.7 Å². The highest BCUT2D eigenvalue weighted by molar-refractivity contribution is 6.02. The number of nitrogens with zero attached hydrogens (tertiary/aromatic N) is 2. The van der Waals surface area contributed by atoms with Crippen LogP contribution in [0.3, 0.4) is 0 Å². The van der Waals surface area contributed by atoms with E-state index in [0.717, 1.165) is 11.3 Å². The predicted octanol–water partition coefficient (Wildman–Crippen LogP) is 1.64. The Hall–Kier alpha value is -3.13. The number of benzene rings is 1. The zero-order valence-electron chi connectivity index (χ0n) is 16.8. The van der Waals surface area contributed by atoms with Crippen LogP contribution in [0.4, 0.5) is 5.82 Å². The minimum absolute atomic E-state index is 0.148. The van der Waals surface area contributed by atoms with E-state index < -0.39 is 17.4 Å². The Morgan fingerprint density at radius 3 is 2.87 bits per heavy atom. The van der Waals surface area contributed by atoms with Crippen LogP contribution in [0.15, 0.2) is 47.0 Å². The van der Waals surface area contributed by atoms with Crippen LogP contribution in [0.2, 0.25) is 0 Å². The van der Waals surface area contributed by atoms with Crippen molar-refractivity contribution in [3.05, 3.63) is 53.8 Å². The molecule has 8 nitrogen and oxygen atoms in total. The average Bonchev–Trinajstić information content (AvgIpc) is 3.49. The number of hydrogen-bond donors (Lipinski definition) is 1. The number of nitrogens with one attached hydrogen (secondary N) is 1. The summed E-state index contributed by atoms with van der Waals surface area (Å²) in [4.78, 5) is 27.8. The second-order valence-electron chi connectivity index (χ2n) is 8.01. The van der Waals surface area contributed by atoms with E-state index in [0.29, 0.717) is 31.1 Å². The van der Waals surface area contributed by atoms with Gasteiger partial charge in [-0.1, -0.05) is 29.4 Å². The number of amides is 2. The van der Waals surface area contributed by atoms with Crippen LogP contribution in [-0.4, -0.2) is 48.9 Å². The predicted molar refractivity (Wildman–Crippen MR) is 107 cm³/mol. The van der Waals surface area contributed by atoms with Crippen LogP contribution in [0.25, 0.3) is 0 Å². The summed E-state index contributed by atoms with van der Waals surface area (Å²) in [6.07, 6.45) is 4.14. The molecule has 3 aliphatic heterocycles. The van der Waals surface area contributed by atoms with E-state index in [9.17, 15) is 9.59 Å². The lowest BCUT2D eigenvalue weighted by Crippen LogP contribution is -2.44. The SMILES string of the molecule is COc1ccc(CCNC(=O)[C@H]2[C@H]3C(=O)N(c4cc(C)on4)C[C@@]34C=C[C@H]2O4)cc1. The Balaban J connectivity index is 1.27. The topological polar surface area (TPSA) is 93.9 Å². The molecule has 5 rings (SSSR count). The van der Waals surface area contributed by atoms with Gasteiger partial charge in [-0.05, 0) is 31.0 Å². The van der Waals surface area contributed by atoms with E-state index in [4.69, 9.17) is 14.0 Å². The molecule has 0 aliphatic carbocycles. The molecule has 0 radical (unpaired) electrons. The van der Waals surface area contributed by atoms with Gasteiger partial charge in [0.15, 0.2) is 5.82 Å². The van der Waals surface area contributed by atoms with Gasteiger partial charge >= 0.3 is 0 Å². The summed E-state index contributed by atoms with van der Waals surface area (Å²) < 4.78 is 16.4. The Morgan fingerprint density at radius 1 is 1.37 bits per heavy atom. The number of aromatic nitrogens is 1. The van der Waals surface area contributed by atoms with Gasteiger partial charge < -0.3 is 19.3 Å². The summed E-state index contributed by atoms with van der Waals surface area (Å²) in [6, 6.07) is 9.46. The van der Waals surface area contributed by atoms with Crippen LogP contribution in [0.1, 0.15) is 11.3 Å². The Labute approximate surface area is 173 Å². The lowest BCUT2D eigenvalue weighted by molar-refractivity contribution is -0.131. The largest absolute Gasteiger partial charge is 0.497 e. The quantitative estimate of drug-likeness (QED) is 0.729. The highest BCUT2D eigenvalue weighted by Crippen LogP contribution is 2.52. The van der Waals surface area contributed by atoms with Crippen LogP contribution >= 0.6 is 0 Å². The number of rotatable bonds is 6. The van der Waals surface area contributed by atoms with E-state index in [1.165, 1.54) is 0 Å². The summed E-state index contributed by atoms with van der Waals surface area (Å²) in [5.41, 5.74) is 0.327. The molecule has 0 saturated carbocycles. The average molecular weight is 409 g/mol. The second kappa shape index (κ2) is 6.98. The van der Waals surface area contributed by atoms with E-state index in [2.05, 4.69) is 10.5 Å². The third kappa shape index (κ3) is 2.90. The molecule has 2 amide bonds. The molecule has 1 aromatic heterocycles. The van der Waals surface area contributed by atoms with E-state index >= 15 is 0 Å². The molecule has 3 aliphatic rings. The summed E-state index contributed by atoms with van der Waals surface area (Å²) in [5.74, 6) is 0.482. The summed E-state index contributed by atoms with van der Waals surface area (Å²) in [7, 11) is 1.63. The molecule has 1 aromatic carbocycles. The minimum atomic E-state index is -0.771. The second-order valence-corrected chi connectivity index (χ2v) is 8.01. The van der Waals surface area contributed by atoms with Crippen molar-refractivity contribution in [3.63, 3.8) is 0 Å². The standard InChI is InChI=1S/C22H23N3O5/c1-13-11-17(24-30-13)25-12-22-9-7-16(29-22)18(19(22)21(25)27)20(26)23-10-8-14-3-5-15(28-2)6-4-14/h3-7,9,11,16,18-19H,8,10,12H2,1-2H3,(H,23,26)/t16-,18-,19+,22+/m1/s1. The number of hydrogen-bond acceptors (Lipinski definition) is 6. The summed E-state index contributed by atoms with van der Waals surface area (Å²) >= 11 is 0. The van der Waals surface area contributed by atoms with Crippen molar-refractivity contribution in [2.24, 2.45) is 11.8 Å². The maximum absolute atomic E-state index is 13.2. The van der Waals surface area contributed by atoms with Crippen molar-refractivity contribution in [3.8, 4) is 5.75 Å². The number of methoxy groups -OCH3 is 1. The van der Waals surface area contributed by atoms with Gasteiger partial charge in [0.25, 0.3) is 0 Å². The Kier molecular flexibility index (Phi) is 4.39. The number of carbonyl (C=O) groups is 2. The maximum atomic E-state index is 13.2. The molecule has 1 spiro atoms. The first-order chi connectivity index (χ1) is 14.5. The molecule has 1 N–H and O–H groups in total. The number of carbonyl (C=O) groups excluding carboxylic acids is 2. The Morgan fingerprint density at radius 2 is 2.17 bits per heavy atom. The van der Waals surface area contributed by atoms with Crippen molar-refractivity contribution in [1.82, 2.24) is 10.5 Å². The number of aryl methyl sites for hydroxylation is 1. The molecular weight excluding hydrogens is 386 g/mol. The zero-order chi connectivity index (χ0) is 20.9. The normalized spacial score (nSPS) is 28.8. The zero-order valence-corrected chi connectivity index (χ0v) is 16.8. The van der Waals surface area contributed by atoms with Crippen LogP contribution in [0, 0.1) is 18.8 Å². The first kappa shape index (κ1) is 18.9. The Bertz CT molecular complexity index is 1010. The molecule has 2 fully saturated rings. The van der Waals surface area contributed by atoms with Gasteiger partial charge in [-0.25, -0.2) is 0 Å². The summed E-state index contributed by atoms with van der Waals surface area (Å²) in [6.45, 7) is 2.60. The van der Waals surface area contributed by atoms with Crippen molar-refractivity contribution in [2.75, 3.05) is 25.1 Å². The lowest BCUT2D eigenvalue weighted by Gasteiger charge is -2.23. The molecule has 0 unspecified atom stereocenters. The molecule has 4 heterocycles. The third-order valence-electron chi connectivity index (χ3n) is 6.17. The number of anilines is 1. The minimum Gasteiger partial charge on any atom is -0.497 e. The van der Waals surface area contributed by atoms with Gasteiger partial charge in [0.1, 0.15) is 17.1 Å². The lowest BCUT2D eigenvalue weighted by atomic mass is 9.77. The number of fused-ring (bicyclic) bond motifs is 1. The third-order valence-corrected chi connectivity index (χ3v) is 6.17. The highest BCUT2D eigenvalue weighted by atomic mass is 16.5. The van der Waals surface area contributed by atoms with Gasteiger partial charge in [-0.15, -0.1) is 0 Å². The van der Waals surface area contributed by atoms with Gasteiger partial charge in [0, 0.05) is 12.6 Å². The molecule has 8 heteroatoms. The molecular formula is C22H23N3O5. The molecule has 4 atom stereocenters. The van der Waals surface area contributed by atoms with Crippen LogP contribution in [0.5, 0.6) is 5.75 Å². The van der Waals surface area contributed by atoms with Crippen molar-refractivity contribution >= 4 is 17.6 Å². The maximum Gasteiger partial charge on any atom is 0.235 e. The highest BCUT2D eigenvalue weighted by Gasteiger charge is 2.67. The van der Waals surface area contributed by atoms with Crippen molar-refractivity contribution in [1.29, 1.82) is 0 Å². The molecule has 30 heavy (non-hydrogen) atoms. The fourth-order valence-corrected chi connectivity index (χ4v) is 4.71. The number of ether oxygens (including phenoxy) is 2.